The first-order valence-electron chi connectivity index (χ1n) is 7.17. The summed E-state index contributed by atoms with van der Waals surface area (Å²) in [4.78, 5) is 34.4. The average Bonchev–Trinajstić information content (AvgIpc) is 2.39. The Bertz CT molecular complexity index is 264. The Morgan fingerprint density at radius 1 is 1.16 bits per heavy atom. The number of hydrogen-bond acceptors (Lipinski definition) is 3. The minimum absolute atomic E-state index is 0.0173. The summed E-state index contributed by atoms with van der Waals surface area (Å²) in [5.74, 6) is 0.00687. The molecule has 0 N–H and O–H groups in total. The lowest BCUT2D eigenvalue weighted by atomic mass is 10.1. The highest BCUT2D eigenvalue weighted by Crippen LogP contribution is 2.07. The Morgan fingerprint density at radius 2 is 1.74 bits per heavy atom. The molecule has 0 rings (SSSR count). The summed E-state index contributed by atoms with van der Waals surface area (Å²) in [7, 11) is 1.76. The molecule has 4 nitrogen and oxygen atoms in total. The first-order valence-corrected chi connectivity index (χ1v) is 7.17. The normalized spacial score (nSPS) is 11.0. The predicted octanol–water partition coefficient (Wildman–Crippen LogP) is 2.85. The summed E-state index contributed by atoms with van der Waals surface area (Å²) < 4.78 is 0. The molecule has 0 fully saturated rings. The second kappa shape index (κ2) is 13.2. The highest BCUT2D eigenvalue weighted by Gasteiger charge is 2.16. The summed E-state index contributed by atoms with van der Waals surface area (Å²) in [6, 6.07) is 0. The van der Waals surface area contributed by atoms with Crippen LogP contribution in [-0.2, 0) is 14.4 Å². The lowest BCUT2D eigenvalue weighted by molar-refractivity contribution is -0.135. The van der Waals surface area contributed by atoms with Gasteiger partial charge in [-0.2, -0.15) is 0 Å². The van der Waals surface area contributed by atoms with Gasteiger partial charge in [-0.1, -0.05) is 27.2 Å². The Morgan fingerprint density at radius 3 is 2.21 bits per heavy atom. The third-order valence-corrected chi connectivity index (χ3v) is 2.77. The number of amides is 1. The van der Waals surface area contributed by atoms with Gasteiger partial charge in [0.2, 0.25) is 5.91 Å². The van der Waals surface area contributed by atoms with E-state index < -0.39 is 0 Å². The van der Waals surface area contributed by atoms with Crippen LogP contribution in [0.4, 0.5) is 0 Å². The SMILES string of the molecule is CC.CC(=O)CCCCCN(C)C(=O)C(C)CC=O. The molecule has 0 heterocycles. The van der Waals surface area contributed by atoms with Gasteiger partial charge in [-0.15, -0.1) is 0 Å². The number of carbonyl (C=O) groups excluding carboxylic acids is 3. The maximum absolute atomic E-state index is 11.7. The van der Waals surface area contributed by atoms with E-state index in [2.05, 4.69) is 0 Å². The average molecular weight is 271 g/mol. The third kappa shape index (κ3) is 11.6. The minimum atomic E-state index is -0.227. The van der Waals surface area contributed by atoms with Crippen molar-refractivity contribution in [2.24, 2.45) is 5.92 Å². The van der Waals surface area contributed by atoms with Crippen molar-refractivity contribution < 1.29 is 14.4 Å². The lowest BCUT2D eigenvalue weighted by Crippen LogP contribution is -2.32. The van der Waals surface area contributed by atoms with E-state index in [1.807, 2.05) is 13.8 Å². The van der Waals surface area contributed by atoms with E-state index in [1.165, 1.54) is 0 Å². The first-order chi connectivity index (χ1) is 8.99. The van der Waals surface area contributed by atoms with E-state index in [9.17, 15) is 14.4 Å². The molecule has 19 heavy (non-hydrogen) atoms. The van der Waals surface area contributed by atoms with E-state index in [0.29, 0.717) is 13.0 Å². The van der Waals surface area contributed by atoms with E-state index in [0.717, 1.165) is 25.5 Å². The van der Waals surface area contributed by atoms with E-state index >= 15 is 0 Å². The van der Waals surface area contributed by atoms with Crippen molar-refractivity contribution in [1.29, 1.82) is 0 Å². The summed E-state index contributed by atoms with van der Waals surface area (Å²) in [5.41, 5.74) is 0. The second-order valence-corrected chi connectivity index (χ2v) is 4.58. The molecule has 0 saturated heterocycles. The molecule has 1 unspecified atom stereocenters. The van der Waals surface area contributed by atoms with Crippen LogP contribution in [0.25, 0.3) is 0 Å². The van der Waals surface area contributed by atoms with Crippen LogP contribution in [0, 0.1) is 5.92 Å². The van der Waals surface area contributed by atoms with Crippen LogP contribution >= 0.6 is 0 Å². The molecule has 0 aromatic carbocycles. The van der Waals surface area contributed by atoms with E-state index in [-0.39, 0.29) is 24.0 Å². The smallest absolute Gasteiger partial charge is 0.225 e. The summed E-state index contributed by atoms with van der Waals surface area (Å²) in [5, 5.41) is 0. The highest BCUT2D eigenvalue weighted by molar-refractivity contribution is 5.80. The molecule has 0 aliphatic carbocycles. The van der Waals surface area contributed by atoms with Gasteiger partial charge in [-0.3, -0.25) is 4.79 Å². The third-order valence-electron chi connectivity index (χ3n) is 2.77. The van der Waals surface area contributed by atoms with Crippen LogP contribution in [0.3, 0.4) is 0 Å². The Hall–Kier alpha value is -1.19. The lowest BCUT2D eigenvalue weighted by Gasteiger charge is -2.20. The summed E-state index contributed by atoms with van der Waals surface area (Å²) in [6.45, 7) is 8.06. The van der Waals surface area contributed by atoms with Gasteiger partial charge in [0.25, 0.3) is 0 Å². The Balaban J connectivity index is 0. The van der Waals surface area contributed by atoms with Crippen molar-refractivity contribution in [2.75, 3.05) is 13.6 Å². The van der Waals surface area contributed by atoms with Crippen molar-refractivity contribution in [3.05, 3.63) is 0 Å². The zero-order valence-electron chi connectivity index (χ0n) is 13.1. The second-order valence-electron chi connectivity index (χ2n) is 4.58. The molecule has 0 radical (unpaired) electrons. The maximum atomic E-state index is 11.7. The number of nitrogens with zero attached hydrogens (tertiary/aromatic N) is 1. The predicted molar refractivity (Wildman–Crippen MR) is 78.0 cm³/mol. The quantitative estimate of drug-likeness (QED) is 0.478. The summed E-state index contributed by atoms with van der Waals surface area (Å²) in [6.07, 6.45) is 4.44. The van der Waals surface area contributed by atoms with Crippen molar-refractivity contribution in [2.45, 2.75) is 59.8 Å². The van der Waals surface area contributed by atoms with Gasteiger partial charge in [0, 0.05) is 32.4 Å². The summed E-state index contributed by atoms with van der Waals surface area (Å²) >= 11 is 0. The largest absolute Gasteiger partial charge is 0.346 e. The topological polar surface area (TPSA) is 54.5 Å². The minimum Gasteiger partial charge on any atom is -0.346 e. The van der Waals surface area contributed by atoms with Crippen molar-refractivity contribution in [3.63, 3.8) is 0 Å². The van der Waals surface area contributed by atoms with E-state index in [1.54, 1.807) is 25.8 Å². The zero-order chi connectivity index (χ0) is 15.3. The van der Waals surface area contributed by atoms with Crippen LogP contribution in [0.5, 0.6) is 0 Å². The first kappa shape index (κ1) is 20.1. The van der Waals surface area contributed by atoms with Crippen LogP contribution in [0.15, 0.2) is 0 Å². The molecule has 1 amide bonds. The fraction of sp³-hybridized carbons (Fsp3) is 0.800. The van der Waals surface area contributed by atoms with Gasteiger partial charge in [0.1, 0.15) is 12.1 Å². The molecule has 0 aromatic heterocycles. The Kier molecular flexibility index (Phi) is 14.0. The molecule has 112 valence electrons. The van der Waals surface area contributed by atoms with Crippen LogP contribution in [0.2, 0.25) is 0 Å². The van der Waals surface area contributed by atoms with Gasteiger partial charge >= 0.3 is 0 Å². The van der Waals surface area contributed by atoms with Gasteiger partial charge in [0.15, 0.2) is 0 Å². The number of unbranched alkanes of at least 4 members (excludes halogenated alkanes) is 2. The molecule has 0 aliphatic heterocycles. The highest BCUT2D eigenvalue weighted by atomic mass is 16.2. The monoisotopic (exact) mass is 271 g/mol. The van der Waals surface area contributed by atoms with Gasteiger partial charge < -0.3 is 14.5 Å². The fourth-order valence-corrected chi connectivity index (χ4v) is 1.63. The van der Waals surface area contributed by atoms with E-state index in [4.69, 9.17) is 0 Å². The maximum Gasteiger partial charge on any atom is 0.225 e. The molecule has 0 aliphatic rings. The molecule has 0 spiro atoms. The fourth-order valence-electron chi connectivity index (χ4n) is 1.63. The number of carbonyl (C=O) groups is 3. The van der Waals surface area contributed by atoms with Gasteiger partial charge in [0.05, 0.1) is 0 Å². The molecule has 0 aromatic rings. The number of ketones is 1. The molecule has 0 bridgehead atoms. The van der Waals surface area contributed by atoms with Crippen molar-refractivity contribution in [1.82, 2.24) is 4.90 Å². The molecule has 1 atom stereocenters. The number of rotatable bonds is 9. The van der Waals surface area contributed by atoms with Crippen LogP contribution in [0.1, 0.15) is 59.8 Å². The molecule has 4 heteroatoms. The Labute approximate surface area is 117 Å². The molecular formula is C15H29NO3. The number of hydrogen-bond donors (Lipinski definition) is 0. The zero-order valence-corrected chi connectivity index (χ0v) is 13.1. The number of Topliss-reactive ketones (excluding diaryl/α,β-unsaturated/α-hetero) is 1. The van der Waals surface area contributed by atoms with Crippen molar-refractivity contribution >= 4 is 18.0 Å². The number of aldehydes is 1. The molecule has 0 saturated carbocycles. The van der Waals surface area contributed by atoms with Crippen LogP contribution < -0.4 is 0 Å². The van der Waals surface area contributed by atoms with Crippen molar-refractivity contribution in [3.8, 4) is 0 Å². The van der Waals surface area contributed by atoms with Gasteiger partial charge in [-0.05, 0) is 19.8 Å². The molecular weight excluding hydrogens is 242 g/mol. The standard InChI is InChI=1S/C13H23NO3.C2H6/c1-11(8-10-15)13(17)14(3)9-6-4-5-7-12(2)16;1-2/h10-11H,4-9H2,1-3H3;1-2H3. The van der Waals surface area contributed by atoms with Crippen LogP contribution in [-0.4, -0.2) is 36.5 Å². The van der Waals surface area contributed by atoms with Gasteiger partial charge in [-0.25, -0.2) is 0 Å².